The van der Waals surface area contributed by atoms with Crippen molar-refractivity contribution in [2.75, 3.05) is 26.7 Å². The van der Waals surface area contributed by atoms with Gasteiger partial charge in [0.1, 0.15) is 0 Å². The molecule has 2 heteroatoms. The molecule has 0 saturated heterocycles. The van der Waals surface area contributed by atoms with Crippen molar-refractivity contribution in [3.63, 3.8) is 0 Å². The largest absolute Gasteiger partial charge is 0.314 e. The molecule has 0 bridgehead atoms. The Bertz CT molecular complexity index is 123. The third-order valence-electron chi connectivity index (χ3n) is 2.36. The Balaban J connectivity index is 3.40. The van der Waals surface area contributed by atoms with Crippen LogP contribution in [0.25, 0.3) is 0 Å². The lowest BCUT2D eigenvalue weighted by atomic mass is 10.2. The number of nitrogens with one attached hydrogen (secondary N) is 1. The average Bonchev–Trinajstić information content (AvgIpc) is 2.10. The predicted octanol–water partition coefficient (Wildman–Crippen LogP) is 2.35. The van der Waals surface area contributed by atoms with Gasteiger partial charge in [-0.1, -0.05) is 20.8 Å². The van der Waals surface area contributed by atoms with Crippen LogP contribution < -0.4 is 5.32 Å². The van der Waals surface area contributed by atoms with Crippen LogP contribution in [0.2, 0.25) is 0 Å². The van der Waals surface area contributed by atoms with Crippen molar-refractivity contribution < 1.29 is 0 Å². The summed E-state index contributed by atoms with van der Waals surface area (Å²) >= 11 is 0. The van der Waals surface area contributed by atoms with E-state index in [0.717, 1.165) is 12.5 Å². The van der Waals surface area contributed by atoms with Gasteiger partial charge in [-0.05, 0) is 45.8 Å². The Hall–Kier alpha value is -0.0800. The van der Waals surface area contributed by atoms with Crippen LogP contribution in [0, 0.1) is 5.92 Å². The molecule has 1 N–H and O–H groups in total. The zero-order chi connectivity index (χ0) is 11.0. The fraction of sp³-hybridized carbons (Fsp3) is 1.00. The van der Waals surface area contributed by atoms with Gasteiger partial charge in [0.05, 0.1) is 0 Å². The molecule has 0 amide bonds. The summed E-state index contributed by atoms with van der Waals surface area (Å²) in [6, 6.07) is 0.657. The Morgan fingerprint density at radius 3 is 2.36 bits per heavy atom. The number of hydrogen-bond donors (Lipinski definition) is 1. The molecule has 86 valence electrons. The van der Waals surface area contributed by atoms with Gasteiger partial charge < -0.3 is 10.2 Å². The predicted molar refractivity (Wildman–Crippen MR) is 64.7 cm³/mol. The van der Waals surface area contributed by atoms with Gasteiger partial charge in [-0.3, -0.25) is 0 Å². The second-order valence-electron chi connectivity index (χ2n) is 4.80. The monoisotopic (exact) mass is 200 g/mol. The maximum Gasteiger partial charge on any atom is 0.00508 e. The summed E-state index contributed by atoms with van der Waals surface area (Å²) in [6.07, 6.45) is 2.48. The van der Waals surface area contributed by atoms with Gasteiger partial charge in [0.15, 0.2) is 0 Å². The normalized spacial score (nSPS) is 13.9. The molecule has 0 aromatic carbocycles. The zero-order valence-electron chi connectivity index (χ0n) is 10.6. The molecule has 0 aliphatic carbocycles. The van der Waals surface area contributed by atoms with Crippen molar-refractivity contribution in [2.24, 2.45) is 5.92 Å². The van der Waals surface area contributed by atoms with Crippen LogP contribution in [0.5, 0.6) is 0 Å². The van der Waals surface area contributed by atoms with Crippen LogP contribution in [0.3, 0.4) is 0 Å². The minimum atomic E-state index is 0.657. The van der Waals surface area contributed by atoms with Crippen molar-refractivity contribution in [1.29, 1.82) is 0 Å². The Labute approximate surface area is 90.1 Å². The Morgan fingerprint density at radius 2 is 1.86 bits per heavy atom. The topological polar surface area (TPSA) is 15.3 Å². The Kier molecular flexibility index (Phi) is 8.20. The Morgan fingerprint density at radius 1 is 1.21 bits per heavy atom. The standard InChI is InChI=1S/C12H28N2/c1-6-8-13-12(4)7-9-14(5)10-11(2)3/h11-13H,6-10H2,1-5H3. The molecule has 0 radical (unpaired) electrons. The van der Waals surface area contributed by atoms with Gasteiger partial charge in [-0.2, -0.15) is 0 Å². The maximum atomic E-state index is 3.51. The lowest BCUT2D eigenvalue weighted by Gasteiger charge is -2.21. The highest BCUT2D eigenvalue weighted by Gasteiger charge is 2.04. The highest BCUT2D eigenvalue weighted by molar-refractivity contribution is 4.63. The van der Waals surface area contributed by atoms with Gasteiger partial charge in [-0.15, -0.1) is 0 Å². The summed E-state index contributed by atoms with van der Waals surface area (Å²) in [4.78, 5) is 2.43. The summed E-state index contributed by atoms with van der Waals surface area (Å²) in [7, 11) is 2.21. The van der Waals surface area contributed by atoms with Crippen molar-refractivity contribution in [2.45, 2.75) is 46.6 Å². The second kappa shape index (κ2) is 8.25. The molecule has 0 heterocycles. The lowest BCUT2D eigenvalue weighted by Crippen LogP contribution is -2.32. The van der Waals surface area contributed by atoms with Crippen molar-refractivity contribution in [1.82, 2.24) is 10.2 Å². The van der Waals surface area contributed by atoms with Gasteiger partial charge in [-0.25, -0.2) is 0 Å². The number of rotatable bonds is 8. The molecule has 0 aliphatic heterocycles. The highest BCUT2D eigenvalue weighted by atomic mass is 15.1. The van der Waals surface area contributed by atoms with E-state index in [1.54, 1.807) is 0 Å². The van der Waals surface area contributed by atoms with E-state index in [-0.39, 0.29) is 0 Å². The molecule has 2 nitrogen and oxygen atoms in total. The van der Waals surface area contributed by atoms with Gasteiger partial charge in [0.25, 0.3) is 0 Å². The molecule has 14 heavy (non-hydrogen) atoms. The van der Waals surface area contributed by atoms with Crippen LogP contribution in [0.1, 0.15) is 40.5 Å². The van der Waals surface area contributed by atoms with E-state index >= 15 is 0 Å². The van der Waals surface area contributed by atoms with E-state index in [1.807, 2.05) is 0 Å². The first-order valence-electron chi connectivity index (χ1n) is 5.98. The zero-order valence-corrected chi connectivity index (χ0v) is 10.6. The van der Waals surface area contributed by atoms with E-state index in [2.05, 4.69) is 45.0 Å². The third kappa shape index (κ3) is 8.52. The van der Waals surface area contributed by atoms with E-state index < -0.39 is 0 Å². The molecule has 0 aromatic rings. The summed E-state index contributed by atoms with van der Waals surface area (Å²) in [5.41, 5.74) is 0. The lowest BCUT2D eigenvalue weighted by molar-refractivity contribution is 0.279. The van der Waals surface area contributed by atoms with Crippen LogP contribution >= 0.6 is 0 Å². The van der Waals surface area contributed by atoms with E-state index in [4.69, 9.17) is 0 Å². The first-order valence-corrected chi connectivity index (χ1v) is 5.98. The van der Waals surface area contributed by atoms with E-state index in [1.165, 1.54) is 25.9 Å². The second-order valence-corrected chi connectivity index (χ2v) is 4.80. The highest BCUT2D eigenvalue weighted by Crippen LogP contribution is 1.99. The van der Waals surface area contributed by atoms with Crippen LogP contribution in [0.4, 0.5) is 0 Å². The summed E-state index contributed by atoms with van der Waals surface area (Å²) < 4.78 is 0. The van der Waals surface area contributed by atoms with Crippen molar-refractivity contribution >= 4 is 0 Å². The van der Waals surface area contributed by atoms with Crippen LogP contribution in [0.15, 0.2) is 0 Å². The van der Waals surface area contributed by atoms with Gasteiger partial charge in [0, 0.05) is 12.6 Å². The van der Waals surface area contributed by atoms with Crippen LogP contribution in [-0.2, 0) is 0 Å². The molecule has 0 spiro atoms. The molecule has 0 aliphatic rings. The maximum absolute atomic E-state index is 3.51. The van der Waals surface area contributed by atoms with Crippen LogP contribution in [-0.4, -0.2) is 37.6 Å². The van der Waals surface area contributed by atoms with Crippen molar-refractivity contribution in [3.8, 4) is 0 Å². The quantitative estimate of drug-likeness (QED) is 0.647. The summed E-state index contributed by atoms with van der Waals surface area (Å²) in [5.74, 6) is 0.777. The molecular weight excluding hydrogens is 172 g/mol. The average molecular weight is 200 g/mol. The molecule has 1 unspecified atom stereocenters. The summed E-state index contributed by atoms with van der Waals surface area (Å²) in [6.45, 7) is 12.6. The molecule has 1 atom stereocenters. The molecule has 0 fully saturated rings. The fourth-order valence-corrected chi connectivity index (χ4v) is 1.62. The minimum absolute atomic E-state index is 0.657. The number of hydrogen-bond acceptors (Lipinski definition) is 2. The number of nitrogens with zero attached hydrogens (tertiary/aromatic N) is 1. The smallest absolute Gasteiger partial charge is 0.00508 e. The van der Waals surface area contributed by atoms with E-state index in [9.17, 15) is 0 Å². The minimum Gasteiger partial charge on any atom is -0.314 e. The first kappa shape index (κ1) is 13.9. The molecule has 0 saturated carbocycles. The molecule has 0 aromatic heterocycles. The molecule has 0 rings (SSSR count). The third-order valence-corrected chi connectivity index (χ3v) is 2.36. The van der Waals surface area contributed by atoms with Gasteiger partial charge in [0.2, 0.25) is 0 Å². The molecular formula is C12H28N2. The summed E-state index contributed by atoms with van der Waals surface area (Å²) in [5, 5.41) is 3.51. The first-order chi connectivity index (χ1) is 6.56. The SMILES string of the molecule is CCCNC(C)CCN(C)CC(C)C. The van der Waals surface area contributed by atoms with E-state index in [0.29, 0.717) is 6.04 Å². The van der Waals surface area contributed by atoms with Gasteiger partial charge >= 0.3 is 0 Å². The van der Waals surface area contributed by atoms with Crippen molar-refractivity contribution in [3.05, 3.63) is 0 Å². The fourth-order valence-electron chi connectivity index (χ4n) is 1.62.